The molecule has 0 aliphatic carbocycles. The minimum absolute atomic E-state index is 0.0375. The van der Waals surface area contributed by atoms with E-state index in [1.807, 2.05) is 47.8 Å². The van der Waals surface area contributed by atoms with Gasteiger partial charge in [0.25, 0.3) is 0 Å². The Kier molecular flexibility index (Phi) is 5.72. The molecule has 0 atom stereocenters. The number of hydrogen-bond donors (Lipinski definition) is 1. The molecule has 0 spiro atoms. The summed E-state index contributed by atoms with van der Waals surface area (Å²) in [7, 11) is 0. The summed E-state index contributed by atoms with van der Waals surface area (Å²) >= 11 is 1.57. The van der Waals surface area contributed by atoms with Crippen LogP contribution in [0, 0.1) is 5.92 Å². The molecule has 0 saturated carbocycles. The Balaban J connectivity index is 1.33. The molecule has 3 aromatic rings. The Morgan fingerprint density at radius 2 is 1.82 bits per heavy atom. The summed E-state index contributed by atoms with van der Waals surface area (Å²) in [5, 5.41) is 5.89. The lowest BCUT2D eigenvalue weighted by Crippen LogP contribution is -2.32. The van der Waals surface area contributed by atoms with Crippen molar-refractivity contribution in [1.29, 1.82) is 0 Å². The van der Waals surface area contributed by atoms with Crippen molar-refractivity contribution < 1.29 is 4.79 Å². The van der Waals surface area contributed by atoms with Crippen LogP contribution in [-0.2, 0) is 11.2 Å². The van der Waals surface area contributed by atoms with Crippen molar-refractivity contribution in [2.24, 2.45) is 5.92 Å². The number of aromatic nitrogens is 1. The topological polar surface area (TPSA) is 45.2 Å². The van der Waals surface area contributed by atoms with Gasteiger partial charge in [0, 0.05) is 35.4 Å². The van der Waals surface area contributed by atoms with E-state index in [2.05, 4.69) is 34.3 Å². The van der Waals surface area contributed by atoms with E-state index < -0.39 is 0 Å². The summed E-state index contributed by atoms with van der Waals surface area (Å²) in [6.45, 7) is 4.54. The van der Waals surface area contributed by atoms with Gasteiger partial charge in [-0.15, -0.1) is 11.3 Å². The number of nitrogens with one attached hydrogen (secondary N) is 1. The van der Waals surface area contributed by atoms with Crippen LogP contribution in [0.4, 0.5) is 11.4 Å². The van der Waals surface area contributed by atoms with Gasteiger partial charge in [-0.25, -0.2) is 4.98 Å². The second-order valence-electron chi connectivity index (χ2n) is 7.45. The molecule has 1 saturated heterocycles. The third-order valence-electron chi connectivity index (χ3n) is 5.21. The molecule has 0 radical (unpaired) electrons. The minimum Gasteiger partial charge on any atom is -0.372 e. The molecule has 4 nitrogen and oxygen atoms in total. The fourth-order valence-corrected chi connectivity index (χ4v) is 4.32. The number of rotatable bonds is 5. The van der Waals surface area contributed by atoms with E-state index in [9.17, 15) is 4.79 Å². The zero-order valence-corrected chi connectivity index (χ0v) is 16.9. The Hall–Kier alpha value is -2.66. The van der Waals surface area contributed by atoms with E-state index in [1.54, 1.807) is 11.3 Å². The molecule has 2 heterocycles. The average molecular weight is 392 g/mol. The molecular formula is C23H25N3OS. The lowest BCUT2D eigenvalue weighted by Gasteiger charge is -2.32. The summed E-state index contributed by atoms with van der Waals surface area (Å²) in [5.41, 5.74) is 3.96. The van der Waals surface area contributed by atoms with Crippen molar-refractivity contribution in [2.75, 3.05) is 23.3 Å². The fourth-order valence-electron chi connectivity index (χ4n) is 3.49. The highest BCUT2D eigenvalue weighted by Gasteiger charge is 2.16. The van der Waals surface area contributed by atoms with Gasteiger partial charge in [-0.1, -0.05) is 37.3 Å². The quantitative estimate of drug-likeness (QED) is 0.648. The molecular weight excluding hydrogens is 366 g/mol. The van der Waals surface area contributed by atoms with Gasteiger partial charge in [0.05, 0.1) is 12.1 Å². The van der Waals surface area contributed by atoms with Crippen molar-refractivity contribution in [3.05, 3.63) is 65.7 Å². The monoisotopic (exact) mass is 391 g/mol. The molecule has 1 aliphatic rings. The number of carbonyl (C=O) groups excluding carboxylic acids is 1. The number of benzene rings is 2. The molecule has 4 rings (SSSR count). The van der Waals surface area contributed by atoms with E-state index in [0.29, 0.717) is 0 Å². The van der Waals surface area contributed by atoms with Crippen LogP contribution in [0.2, 0.25) is 0 Å². The third kappa shape index (κ3) is 4.60. The standard InChI is InChI=1S/C23H25N3OS/c1-17-11-13-26(14-12-17)21-9-7-19(8-10-21)24-22(27)15-20-16-28-23(25-20)18-5-3-2-4-6-18/h2-10,16-17H,11-15H2,1H3,(H,24,27). The van der Waals surface area contributed by atoms with Crippen LogP contribution in [0.3, 0.4) is 0 Å². The average Bonchev–Trinajstić information content (AvgIpc) is 3.18. The molecule has 2 aromatic carbocycles. The minimum atomic E-state index is -0.0375. The summed E-state index contributed by atoms with van der Waals surface area (Å²) in [5.74, 6) is 0.785. The molecule has 0 bridgehead atoms. The predicted molar refractivity (Wildman–Crippen MR) is 117 cm³/mol. The Bertz CT molecular complexity index is 913. The van der Waals surface area contributed by atoms with Gasteiger partial charge in [-0.2, -0.15) is 0 Å². The van der Waals surface area contributed by atoms with Gasteiger partial charge in [-0.3, -0.25) is 4.79 Å². The van der Waals surface area contributed by atoms with E-state index >= 15 is 0 Å². The second-order valence-corrected chi connectivity index (χ2v) is 8.31. The lowest BCUT2D eigenvalue weighted by molar-refractivity contribution is -0.115. The molecule has 1 aromatic heterocycles. The van der Waals surface area contributed by atoms with Crippen LogP contribution in [0.25, 0.3) is 10.6 Å². The van der Waals surface area contributed by atoms with Crippen molar-refractivity contribution >= 4 is 28.6 Å². The second kappa shape index (κ2) is 8.57. The van der Waals surface area contributed by atoms with Crippen LogP contribution < -0.4 is 10.2 Å². The van der Waals surface area contributed by atoms with Crippen LogP contribution >= 0.6 is 11.3 Å². The normalized spacial score (nSPS) is 14.8. The van der Waals surface area contributed by atoms with Crippen molar-refractivity contribution in [2.45, 2.75) is 26.2 Å². The number of amides is 1. The molecule has 28 heavy (non-hydrogen) atoms. The van der Waals surface area contributed by atoms with E-state index in [0.717, 1.165) is 41.0 Å². The van der Waals surface area contributed by atoms with Crippen LogP contribution in [-0.4, -0.2) is 24.0 Å². The van der Waals surface area contributed by atoms with Crippen molar-refractivity contribution in [1.82, 2.24) is 4.98 Å². The van der Waals surface area contributed by atoms with Gasteiger partial charge < -0.3 is 10.2 Å². The van der Waals surface area contributed by atoms with Crippen LogP contribution in [0.15, 0.2) is 60.0 Å². The first kappa shape index (κ1) is 18.7. The first-order valence-corrected chi connectivity index (χ1v) is 10.7. The highest BCUT2D eigenvalue weighted by atomic mass is 32.1. The molecule has 0 unspecified atom stereocenters. The SMILES string of the molecule is CC1CCN(c2ccc(NC(=O)Cc3csc(-c4ccccc4)n3)cc2)CC1. The van der Waals surface area contributed by atoms with E-state index in [1.165, 1.54) is 18.5 Å². The van der Waals surface area contributed by atoms with Crippen LogP contribution in [0.1, 0.15) is 25.5 Å². The summed E-state index contributed by atoms with van der Waals surface area (Å²) in [6.07, 6.45) is 2.78. The highest BCUT2D eigenvalue weighted by Crippen LogP contribution is 2.25. The maximum absolute atomic E-state index is 12.4. The van der Waals surface area contributed by atoms with Gasteiger partial charge in [-0.05, 0) is 43.0 Å². The molecule has 144 valence electrons. The zero-order valence-electron chi connectivity index (χ0n) is 16.1. The summed E-state index contributed by atoms with van der Waals surface area (Å²) < 4.78 is 0. The van der Waals surface area contributed by atoms with E-state index in [4.69, 9.17) is 0 Å². The van der Waals surface area contributed by atoms with Crippen molar-refractivity contribution in [3.8, 4) is 10.6 Å². The van der Waals surface area contributed by atoms with Crippen molar-refractivity contribution in [3.63, 3.8) is 0 Å². The third-order valence-corrected chi connectivity index (χ3v) is 6.15. The number of thiazole rings is 1. The Labute approximate surface area is 170 Å². The summed E-state index contributed by atoms with van der Waals surface area (Å²) in [4.78, 5) is 19.4. The molecule has 1 N–H and O–H groups in total. The highest BCUT2D eigenvalue weighted by molar-refractivity contribution is 7.13. The first-order chi connectivity index (χ1) is 13.7. The molecule has 1 fully saturated rings. The smallest absolute Gasteiger partial charge is 0.230 e. The van der Waals surface area contributed by atoms with E-state index in [-0.39, 0.29) is 12.3 Å². The largest absolute Gasteiger partial charge is 0.372 e. The molecule has 1 aliphatic heterocycles. The summed E-state index contributed by atoms with van der Waals surface area (Å²) in [6, 6.07) is 18.2. The maximum atomic E-state index is 12.4. The number of hydrogen-bond acceptors (Lipinski definition) is 4. The number of nitrogens with zero attached hydrogens (tertiary/aromatic N) is 2. The van der Waals surface area contributed by atoms with Gasteiger partial charge in [0.15, 0.2) is 0 Å². The number of anilines is 2. The first-order valence-electron chi connectivity index (χ1n) is 9.82. The van der Waals surface area contributed by atoms with Gasteiger partial charge >= 0.3 is 0 Å². The number of piperidine rings is 1. The lowest BCUT2D eigenvalue weighted by atomic mass is 9.99. The molecule has 1 amide bonds. The molecule has 5 heteroatoms. The van der Waals surface area contributed by atoms with Crippen LogP contribution in [0.5, 0.6) is 0 Å². The fraction of sp³-hybridized carbons (Fsp3) is 0.304. The number of carbonyl (C=O) groups is 1. The maximum Gasteiger partial charge on any atom is 0.230 e. The van der Waals surface area contributed by atoms with Gasteiger partial charge in [0.1, 0.15) is 5.01 Å². The zero-order chi connectivity index (χ0) is 19.3. The van der Waals surface area contributed by atoms with Gasteiger partial charge in [0.2, 0.25) is 5.91 Å². The Morgan fingerprint density at radius 3 is 2.54 bits per heavy atom. The predicted octanol–water partition coefficient (Wildman–Crippen LogP) is 5.23. The Morgan fingerprint density at radius 1 is 1.11 bits per heavy atom.